The molecule has 2 amide bonds. The van der Waals surface area contributed by atoms with E-state index in [4.69, 9.17) is 4.74 Å². The number of nitrogens with one attached hydrogen (secondary N) is 2. The van der Waals surface area contributed by atoms with Crippen molar-refractivity contribution < 1.29 is 14.3 Å². The predicted molar refractivity (Wildman–Crippen MR) is 102 cm³/mol. The minimum Gasteiger partial charge on any atom is -0.494 e. The Kier molecular flexibility index (Phi) is 10.4. The fraction of sp³-hybridized carbons (Fsp3) is 0.600. The molecular weight excluding hydrogens is 316 g/mol. The minimum absolute atomic E-state index is 0.427. The van der Waals surface area contributed by atoms with Gasteiger partial charge in [0.15, 0.2) is 0 Å². The van der Waals surface area contributed by atoms with Crippen molar-refractivity contribution in [2.45, 2.75) is 59.3 Å². The van der Waals surface area contributed by atoms with Crippen LogP contribution in [0.2, 0.25) is 0 Å². The highest BCUT2D eigenvalue weighted by Gasteiger charge is 2.15. The standard InChI is InChI=1S/C20H32N2O3/c1-4-7-9-16(6-3)15-21-19(23)20(24)22-17-10-12-18(13-11-17)25-14-8-5-2/h10-13,16H,4-9,14-15H2,1-3H3,(H,21,23)(H,22,24)/t16-/m0/s1. The minimum atomic E-state index is -0.634. The second-order valence-corrected chi connectivity index (χ2v) is 6.31. The Morgan fingerprint density at radius 3 is 2.28 bits per heavy atom. The van der Waals surface area contributed by atoms with Crippen LogP contribution in [-0.4, -0.2) is 25.0 Å². The molecule has 0 saturated carbocycles. The Hall–Kier alpha value is -2.04. The van der Waals surface area contributed by atoms with E-state index in [2.05, 4.69) is 31.4 Å². The molecule has 25 heavy (non-hydrogen) atoms. The molecule has 1 aromatic carbocycles. The molecule has 1 rings (SSSR count). The second kappa shape index (κ2) is 12.3. The number of hydrogen-bond acceptors (Lipinski definition) is 3. The van der Waals surface area contributed by atoms with Gasteiger partial charge in [-0.1, -0.05) is 46.5 Å². The van der Waals surface area contributed by atoms with Crippen molar-refractivity contribution in [2.24, 2.45) is 5.92 Å². The number of ether oxygens (including phenoxy) is 1. The van der Waals surface area contributed by atoms with Crippen LogP contribution in [0.5, 0.6) is 5.75 Å². The summed E-state index contributed by atoms with van der Waals surface area (Å²) >= 11 is 0. The molecule has 1 aromatic rings. The van der Waals surface area contributed by atoms with E-state index in [0.717, 1.165) is 44.3 Å². The number of carbonyl (C=O) groups excluding carboxylic acids is 2. The van der Waals surface area contributed by atoms with Gasteiger partial charge in [0.25, 0.3) is 0 Å². The van der Waals surface area contributed by atoms with Crippen molar-refractivity contribution in [3.8, 4) is 5.75 Å². The van der Waals surface area contributed by atoms with Crippen molar-refractivity contribution in [2.75, 3.05) is 18.5 Å². The van der Waals surface area contributed by atoms with Crippen LogP contribution in [0.3, 0.4) is 0 Å². The third-order valence-corrected chi connectivity index (χ3v) is 4.18. The first-order chi connectivity index (χ1) is 12.1. The van der Waals surface area contributed by atoms with Crippen LogP contribution in [0, 0.1) is 5.92 Å². The first-order valence-electron chi connectivity index (χ1n) is 9.42. The summed E-state index contributed by atoms with van der Waals surface area (Å²) in [7, 11) is 0. The molecule has 0 radical (unpaired) electrons. The number of hydrogen-bond donors (Lipinski definition) is 2. The zero-order valence-electron chi connectivity index (χ0n) is 15.8. The summed E-state index contributed by atoms with van der Waals surface area (Å²) in [5.41, 5.74) is 0.584. The summed E-state index contributed by atoms with van der Waals surface area (Å²) in [6.07, 6.45) is 6.46. The number of benzene rings is 1. The molecule has 0 heterocycles. The predicted octanol–water partition coefficient (Wildman–Crippen LogP) is 4.14. The summed E-state index contributed by atoms with van der Waals surface area (Å²) in [6.45, 7) is 7.60. The van der Waals surface area contributed by atoms with Crippen LogP contribution in [-0.2, 0) is 9.59 Å². The van der Waals surface area contributed by atoms with E-state index in [1.165, 1.54) is 0 Å². The van der Waals surface area contributed by atoms with E-state index < -0.39 is 11.8 Å². The number of rotatable bonds is 11. The van der Waals surface area contributed by atoms with Gasteiger partial charge >= 0.3 is 11.8 Å². The monoisotopic (exact) mass is 348 g/mol. The maximum absolute atomic E-state index is 12.0. The lowest BCUT2D eigenvalue weighted by Crippen LogP contribution is -2.38. The maximum atomic E-state index is 12.0. The first-order valence-corrected chi connectivity index (χ1v) is 9.42. The molecule has 0 aliphatic rings. The molecule has 0 aromatic heterocycles. The molecule has 1 atom stereocenters. The number of unbranched alkanes of at least 4 members (excludes halogenated alkanes) is 2. The van der Waals surface area contributed by atoms with Crippen molar-refractivity contribution in [1.29, 1.82) is 0 Å². The summed E-state index contributed by atoms with van der Waals surface area (Å²) < 4.78 is 5.57. The van der Waals surface area contributed by atoms with E-state index in [0.29, 0.717) is 24.8 Å². The largest absolute Gasteiger partial charge is 0.494 e. The Balaban J connectivity index is 2.40. The molecular formula is C20H32N2O3. The van der Waals surface area contributed by atoms with Crippen LogP contribution < -0.4 is 15.4 Å². The highest BCUT2D eigenvalue weighted by atomic mass is 16.5. The molecule has 0 unspecified atom stereocenters. The van der Waals surface area contributed by atoms with Crippen molar-refractivity contribution in [1.82, 2.24) is 5.32 Å². The lowest BCUT2D eigenvalue weighted by atomic mass is 9.99. The third kappa shape index (κ3) is 8.57. The van der Waals surface area contributed by atoms with Gasteiger partial charge in [-0.05, 0) is 43.0 Å². The van der Waals surface area contributed by atoms with Gasteiger partial charge in [-0.2, -0.15) is 0 Å². The van der Waals surface area contributed by atoms with Gasteiger partial charge in [0.2, 0.25) is 0 Å². The Bertz CT molecular complexity index is 514. The Morgan fingerprint density at radius 2 is 1.68 bits per heavy atom. The third-order valence-electron chi connectivity index (χ3n) is 4.18. The summed E-state index contributed by atoms with van der Waals surface area (Å²) in [4.78, 5) is 23.9. The number of amides is 2. The van der Waals surface area contributed by atoms with Crippen LogP contribution >= 0.6 is 0 Å². The molecule has 0 fully saturated rings. The fourth-order valence-electron chi connectivity index (χ4n) is 2.42. The zero-order chi connectivity index (χ0) is 18.5. The lowest BCUT2D eigenvalue weighted by Gasteiger charge is -2.15. The van der Waals surface area contributed by atoms with Gasteiger partial charge in [0.05, 0.1) is 6.61 Å². The van der Waals surface area contributed by atoms with Gasteiger partial charge in [-0.25, -0.2) is 0 Å². The van der Waals surface area contributed by atoms with Crippen molar-refractivity contribution >= 4 is 17.5 Å². The van der Waals surface area contributed by atoms with Gasteiger partial charge < -0.3 is 15.4 Å². The lowest BCUT2D eigenvalue weighted by molar-refractivity contribution is -0.136. The Morgan fingerprint density at radius 1 is 1.00 bits per heavy atom. The molecule has 2 N–H and O–H groups in total. The summed E-state index contributed by atoms with van der Waals surface area (Å²) in [5, 5.41) is 5.35. The topological polar surface area (TPSA) is 67.4 Å². The van der Waals surface area contributed by atoms with Crippen LogP contribution in [0.1, 0.15) is 59.3 Å². The van der Waals surface area contributed by atoms with Gasteiger partial charge in [0, 0.05) is 12.2 Å². The molecule has 5 heteroatoms. The second-order valence-electron chi connectivity index (χ2n) is 6.31. The average molecular weight is 348 g/mol. The summed E-state index contributed by atoms with van der Waals surface area (Å²) in [6, 6.07) is 7.06. The van der Waals surface area contributed by atoms with Crippen molar-refractivity contribution in [3.63, 3.8) is 0 Å². The normalized spacial score (nSPS) is 11.6. The van der Waals surface area contributed by atoms with Crippen LogP contribution in [0.25, 0.3) is 0 Å². The first kappa shape index (κ1) is 21.0. The number of anilines is 1. The van der Waals surface area contributed by atoms with E-state index in [1.807, 2.05) is 0 Å². The SMILES string of the molecule is CCCCOc1ccc(NC(=O)C(=O)NC[C@@H](CC)CCCC)cc1. The molecule has 140 valence electrons. The molecule has 0 saturated heterocycles. The molecule has 0 aliphatic carbocycles. The molecule has 0 bridgehead atoms. The maximum Gasteiger partial charge on any atom is 0.313 e. The molecule has 5 nitrogen and oxygen atoms in total. The van der Waals surface area contributed by atoms with Gasteiger partial charge in [0.1, 0.15) is 5.75 Å². The van der Waals surface area contributed by atoms with Gasteiger partial charge in [-0.15, -0.1) is 0 Å². The molecule has 0 aliphatic heterocycles. The van der Waals surface area contributed by atoms with E-state index in [9.17, 15) is 9.59 Å². The Labute approximate surface area is 151 Å². The van der Waals surface area contributed by atoms with E-state index in [1.54, 1.807) is 24.3 Å². The van der Waals surface area contributed by atoms with E-state index in [-0.39, 0.29) is 0 Å². The van der Waals surface area contributed by atoms with Crippen molar-refractivity contribution in [3.05, 3.63) is 24.3 Å². The van der Waals surface area contributed by atoms with E-state index >= 15 is 0 Å². The summed E-state index contributed by atoms with van der Waals surface area (Å²) in [5.74, 6) is -0.0305. The van der Waals surface area contributed by atoms with Crippen LogP contribution in [0.4, 0.5) is 5.69 Å². The fourth-order valence-corrected chi connectivity index (χ4v) is 2.42. The highest BCUT2D eigenvalue weighted by molar-refractivity contribution is 6.39. The van der Waals surface area contributed by atoms with Gasteiger partial charge in [-0.3, -0.25) is 9.59 Å². The average Bonchev–Trinajstić information content (AvgIpc) is 2.63. The molecule has 0 spiro atoms. The highest BCUT2D eigenvalue weighted by Crippen LogP contribution is 2.16. The quantitative estimate of drug-likeness (QED) is 0.466. The smallest absolute Gasteiger partial charge is 0.313 e. The zero-order valence-corrected chi connectivity index (χ0v) is 15.8. The van der Waals surface area contributed by atoms with Crippen LogP contribution in [0.15, 0.2) is 24.3 Å². The number of carbonyl (C=O) groups is 2.